The van der Waals surface area contributed by atoms with Crippen molar-refractivity contribution >= 4 is 11.8 Å². The van der Waals surface area contributed by atoms with Crippen molar-refractivity contribution in [3.63, 3.8) is 0 Å². The van der Waals surface area contributed by atoms with E-state index in [1.165, 1.54) is 0 Å². The van der Waals surface area contributed by atoms with Gasteiger partial charge in [0.2, 0.25) is 5.91 Å². The molecule has 1 unspecified atom stereocenters. The average Bonchev–Trinajstić information content (AvgIpc) is 2.58. The fraction of sp³-hybridized carbons (Fsp3) is 0.222. The molecule has 0 aliphatic heterocycles. The summed E-state index contributed by atoms with van der Waals surface area (Å²) in [4.78, 5) is 23.5. The van der Waals surface area contributed by atoms with E-state index in [2.05, 4.69) is 10.6 Å². The molecule has 120 valence electrons. The summed E-state index contributed by atoms with van der Waals surface area (Å²) in [6, 6.07) is 17.1. The zero-order valence-corrected chi connectivity index (χ0v) is 13.0. The Morgan fingerprint density at radius 2 is 1.57 bits per heavy atom. The maximum absolute atomic E-state index is 12.0. The molecule has 0 radical (unpaired) electrons. The summed E-state index contributed by atoms with van der Waals surface area (Å²) in [6.45, 7) is 1.62. The second-order valence-electron chi connectivity index (χ2n) is 5.28. The lowest BCUT2D eigenvalue weighted by atomic mass is 10.0. The van der Waals surface area contributed by atoms with Crippen molar-refractivity contribution in [2.75, 3.05) is 13.1 Å². The van der Waals surface area contributed by atoms with Gasteiger partial charge < -0.3 is 15.7 Å². The average molecular weight is 312 g/mol. The Kier molecular flexibility index (Phi) is 5.88. The molecule has 0 aromatic heterocycles. The maximum atomic E-state index is 12.0. The van der Waals surface area contributed by atoms with Gasteiger partial charge in [-0.25, -0.2) is 0 Å². The van der Waals surface area contributed by atoms with Gasteiger partial charge in [0, 0.05) is 12.1 Å². The van der Waals surface area contributed by atoms with Crippen LogP contribution in [0.1, 0.15) is 17.3 Å². The first-order chi connectivity index (χ1) is 11.1. The van der Waals surface area contributed by atoms with Crippen molar-refractivity contribution in [3.8, 4) is 11.1 Å². The monoisotopic (exact) mass is 312 g/mol. The summed E-state index contributed by atoms with van der Waals surface area (Å²) in [6.07, 6.45) is -0.611. The zero-order chi connectivity index (χ0) is 16.7. The van der Waals surface area contributed by atoms with Crippen LogP contribution in [0.15, 0.2) is 54.6 Å². The van der Waals surface area contributed by atoms with Gasteiger partial charge in [0.15, 0.2) is 0 Å². The summed E-state index contributed by atoms with van der Waals surface area (Å²) in [7, 11) is 0. The number of benzene rings is 2. The molecule has 23 heavy (non-hydrogen) atoms. The van der Waals surface area contributed by atoms with E-state index in [4.69, 9.17) is 5.11 Å². The third-order valence-corrected chi connectivity index (χ3v) is 3.26. The minimum Gasteiger partial charge on any atom is -0.392 e. The number of nitrogens with one attached hydrogen (secondary N) is 2. The Morgan fingerprint density at radius 3 is 2.17 bits per heavy atom. The molecule has 0 bridgehead atoms. The molecule has 0 saturated heterocycles. The highest BCUT2D eigenvalue weighted by Crippen LogP contribution is 2.19. The lowest BCUT2D eigenvalue weighted by molar-refractivity contribution is -0.120. The minimum absolute atomic E-state index is 0.119. The smallest absolute Gasteiger partial charge is 0.251 e. The number of aliphatic hydroxyl groups is 1. The van der Waals surface area contributed by atoms with E-state index in [0.29, 0.717) is 5.56 Å². The number of aliphatic hydroxyl groups excluding tert-OH is 1. The van der Waals surface area contributed by atoms with Gasteiger partial charge in [-0.15, -0.1) is 0 Å². The van der Waals surface area contributed by atoms with E-state index >= 15 is 0 Å². The van der Waals surface area contributed by atoms with Gasteiger partial charge in [-0.3, -0.25) is 9.59 Å². The van der Waals surface area contributed by atoms with E-state index in [1.807, 2.05) is 42.5 Å². The van der Waals surface area contributed by atoms with Gasteiger partial charge in [0.25, 0.3) is 5.91 Å². The van der Waals surface area contributed by atoms with Crippen molar-refractivity contribution in [2.24, 2.45) is 0 Å². The van der Waals surface area contributed by atoms with Crippen molar-refractivity contribution in [1.82, 2.24) is 10.6 Å². The number of rotatable bonds is 6. The molecule has 0 aliphatic rings. The Bertz CT molecular complexity index is 652. The van der Waals surface area contributed by atoms with E-state index < -0.39 is 6.10 Å². The number of carbonyl (C=O) groups is 2. The van der Waals surface area contributed by atoms with E-state index in [1.54, 1.807) is 19.1 Å². The molecule has 0 aliphatic carbocycles. The SMILES string of the molecule is CC(O)CNC(=O)CNC(=O)c1ccc(-c2ccccc2)cc1. The van der Waals surface area contributed by atoms with Gasteiger partial charge in [-0.2, -0.15) is 0 Å². The molecular weight excluding hydrogens is 292 g/mol. The van der Waals surface area contributed by atoms with E-state index in [9.17, 15) is 9.59 Å². The van der Waals surface area contributed by atoms with Crippen LogP contribution < -0.4 is 10.6 Å². The van der Waals surface area contributed by atoms with Crippen molar-refractivity contribution in [1.29, 1.82) is 0 Å². The number of hydrogen-bond acceptors (Lipinski definition) is 3. The predicted molar refractivity (Wildman–Crippen MR) is 88.9 cm³/mol. The molecule has 2 rings (SSSR count). The van der Waals surface area contributed by atoms with Crippen LogP contribution in [0.25, 0.3) is 11.1 Å². The highest BCUT2D eigenvalue weighted by Gasteiger charge is 2.08. The summed E-state index contributed by atoms with van der Waals surface area (Å²) in [5.41, 5.74) is 2.60. The van der Waals surface area contributed by atoms with Crippen LogP contribution in [0.2, 0.25) is 0 Å². The molecule has 2 aromatic carbocycles. The zero-order valence-electron chi connectivity index (χ0n) is 13.0. The van der Waals surface area contributed by atoms with Gasteiger partial charge in [-0.1, -0.05) is 42.5 Å². The summed E-state index contributed by atoms with van der Waals surface area (Å²) < 4.78 is 0. The minimum atomic E-state index is -0.611. The Hall–Kier alpha value is -2.66. The molecular formula is C18H20N2O3. The maximum Gasteiger partial charge on any atom is 0.251 e. The van der Waals surface area contributed by atoms with Crippen LogP contribution in [0.5, 0.6) is 0 Å². The third-order valence-electron chi connectivity index (χ3n) is 3.26. The summed E-state index contributed by atoms with van der Waals surface area (Å²) in [5, 5.41) is 14.1. The van der Waals surface area contributed by atoms with Gasteiger partial charge in [-0.05, 0) is 30.2 Å². The Labute approximate surface area is 135 Å². The molecule has 0 spiro atoms. The molecule has 5 nitrogen and oxygen atoms in total. The lowest BCUT2D eigenvalue weighted by Crippen LogP contribution is -2.39. The van der Waals surface area contributed by atoms with Crippen LogP contribution in [0, 0.1) is 0 Å². The molecule has 1 atom stereocenters. The fourth-order valence-electron chi connectivity index (χ4n) is 2.03. The summed E-state index contributed by atoms with van der Waals surface area (Å²) >= 11 is 0. The molecule has 0 fully saturated rings. The molecule has 0 saturated carbocycles. The summed E-state index contributed by atoms with van der Waals surface area (Å²) in [5.74, 6) is -0.642. The van der Waals surface area contributed by atoms with Crippen LogP contribution in [0.4, 0.5) is 0 Å². The Morgan fingerprint density at radius 1 is 0.957 bits per heavy atom. The highest BCUT2D eigenvalue weighted by molar-refractivity contribution is 5.96. The van der Waals surface area contributed by atoms with Crippen LogP contribution in [-0.4, -0.2) is 36.1 Å². The van der Waals surface area contributed by atoms with Crippen molar-refractivity contribution in [2.45, 2.75) is 13.0 Å². The molecule has 5 heteroatoms. The number of hydrogen-bond donors (Lipinski definition) is 3. The van der Waals surface area contributed by atoms with Crippen LogP contribution in [-0.2, 0) is 4.79 Å². The quantitative estimate of drug-likeness (QED) is 0.758. The van der Waals surface area contributed by atoms with Gasteiger partial charge in [0.1, 0.15) is 0 Å². The van der Waals surface area contributed by atoms with Gasteiger partial charge >= 0.3 is 0 Å². The van der Waals surface area contributed by atoms with Crippen LogP contribution >= 0.6 is 0 Å². The van der Waals surface area contributed by atoms with Crippen molar-refractivity contribution in [3.05, 3.63) is 60.2 Å². The second-order valence-corrected chi connectivity index (χ2v) is 5.28. The third kappa shape index (κ3) is 5.23. The highest BCUT2D eigenvalue weighted by atomic mass is 16.3. The van der Waals surface area contributed by atoms with Crippen LogP contribution in [0.3, 0.4) is 0 Å². The van der Waals surface area contributed by atoms with E-state index in [0.717, 1.165) is 11.1 Å². The van der Waals surface area contributed by atoms with E-state index in [-0.39, 0.29) is 24.9 Å². The second kappa shape index (κ2) is 8.10. The number of carbonyl (C=O) groups excluding carboxylic acids is 2. The predicted octanol–water partition coefficient (Wildman–Crippen LogP) is 1.58. The number of amides is 2. The Balaban J connectivity index is 1.89. The van der Waals surface area contributed by atoms with Crippen molar-refractivity contribution < 1.29 is 14.7 Å². The standard InChI is InChI=1S/C18H20N2O3/c1-13(21)11-19-17(22)12-20-18(23)16-9-7-15(8-10-16)14-5-3-2-4-6-14/h2-10,13,21H,11-12H2,1H3,(H,19,22)(H,20,23). The first-order valence-electron chi connectivity index (χ1n) is 7.44. The topological polar surface area (TPSA) is 78.4 Å². The molecule has 0 heterocycles. The fourth-order valence-corrected chi connectivity index (χ4v) is 2.03. The largest absolute Gasteiger partial charge is 0.392 e. The molecule has 3 N–H and O–H groups in total. The molecule has 2 aromatic rings. The first-order valence-corrected chi connectivity index (χ1v) is 7.44. The first kappa shape index (κ1) is 16.7. The lowest BCUT2D eigenvalue weighted by Gasteiger charge is -2.08. The molecule has 2 amide bonds. The van der Waals surface area contributed by atoms with Gasteiger partial charge in [0.05, 0.1) is 12.6 Å². The normalized spacial score (nSPS) is 11.6.